The molecule has 0 aliphatic heterocycles. The molecule has 13 heavy (non-hydrogen) atoms. The average molecular weight is 204 g/mol. The predicted octanol–water partition coefficient (Wildman–Crippen LogP) is 0.319. The number of nitrogens with zero attached hydrogens (tertiary/aromatic N) is 1. The van der Waals surface area contributed by atoms with E-state index in [0.29, 0.717) is 19.4 Å². The molecular formula is C7H13N2O3P. The Labute approximate surface area is 78.0 Å². The van der Waals surface area contributed by atoms with Crippen molar-refractivity contribution in [3.05, 3.63) is 0 Å². The van der Waals surface area contributed by atoms with Gasteiger partial charge in [-0.2, -0.15) is 0 Å². The van der Waals surface area contributed by atoms with E-state index in [1.54, 1.807) is 0 Å². The van der Waals surface area contributed by atoms with Crippen molar-refractivity contribution < 1.29 is 14.5 Å². The van der Waals surface area contributed by atoms with Crippen LogP contribution in [-0.4, -0.2) is 35.6 Å². The molecule has 0 bridgehead atoms. The summed E-state index contributed by atoms with van der Waals surface area (Å²) < 4.78 is 10.1. The Bertz CT molecular complexity index is 262. The Kier molecular flexibility index (Phi) is 6.55. The van der Waals surface area contributed by atoms with E-state index in [1.807, 2.05) is 0 Å². The standard InChI is InChI=1S/C7H13N2O3P/c1-9(5-13-12)6(7(10)11)3-2-4-8/h6H,2-4,8H2,1H3,(H,10,11)/t6-/m0/s1. The fraction of sp³-hybridized carbons (Fsp3) is 0.714. The monoisotopic (exact) mass is 204 g/mol. The van der Waals surface area contributed by atoms with E-state index in [9.17, 15) is 9.36 Å². The zero-order valence-corrected chi connectivity index (χ0v) is 8.33. The third-order valence-corrected chi connectivity index (χ3v) is 2.03. The molecule has 0 aromatic heterocycles. The van der Waals surface area contributed by atoms with Crippen molar-refractivity contribution in [2.45, 2.75) is 18.9 Å². The Morgan fingerprint density at radius 1 is 1.77 bits per heavy atom. The minimum absolute atomic E-state index is 0.310. The fourth-order valence-electron chi connectivity index (χ4n) is 0.928. The number of likely N-dealkylation sites (N-methyl/N-ethyl adjacent to an activating group) is 1. The van der Waals surface area contributed by atoms with Crippen molar-refractivity contribution in [2.24, 2.45) is 5.73 Å². The molecule has 0 spiro atoms. The maximum atomic E-state index is 10.7. The Balaban J connectivity index is 4.29. The van der Waals surface area contributed by atoms with E-state index in [2.05, 4.69) is 5.75 Å². The molecule has 5 nitrogen and oxygen atoms in total. The van der Waals surface area contributed by atoms with E-state index in [0.717, 1.165) is 0 Å². The van der Waals surface area contributed by atoms with Gasteiger partial charge in [-0.3, -0.25) is 0 Å². The van der Waals surface area contributed by atoms with Crippen LogP contribution in [0.25, 0.3) is 0 Å². The van der Waals surface area contributed by atoms with Crippen LogP contribution >= 0.6 is 7.92 Å². The van der Waals surface area contributed by atoms with Gasteiger partial charge >= 0.3 is 77.2 Å². The molecule has 0 fully saturated rings. The first-order valence-corrected chi connectivity index (χ1v) is 4.68. The molecule has 0 aliphatic carbocycles. The van der Waals surface area contributed by atoms with E-state index in [4.69, 9.17) is 10.8 Å². The summed E-state index contributed by atoms with van der Waals surface area (Å²) >= 11 is 0. The van der Waals surface area contributed by atoms with Crippen LogP contribution in [0.15, 0.2) is 0 Å². The van der Waals surface area contributed by atoms with Gasteiger partial charge in [-0.15, -0.1) is 0 Å². The van der Waals surface area contributed by atoms with Crippen molar-refractivity contribution >= 4 is 13.9 Å². The van der Waals surface area contributed by atoms with Gasteiger partial charge in [0.2, 0.25) is 0 Å². The fourth-order valence-corrected chi connectivity index (χ4v) is 1.20. The first-order chi connectivity index (χ1) is 6.13. The number of hydrogen-bond donors (Lipinski definition) is 2. The van der Waals surface area contributed by atoms with Gasteiger partial charge in [0.25, 0.3) is 0 Å². The van der Waals surface area contributed by atoms with Gasteiger partial charge in [-0.05, 0) is 0 Å². The first-order valence-electron chi connectivity index (χ1n) is 3.87. The van der Waals surface area contributed by atoms with Crippen molar-refractivity contribution in [3.63, 3.8) is 0 Å². The van der Waals surface area contributed by atoms with Crippen molar-refractivity contribution in [2.75, 3.05) is 13.6 Å². The van der Waals surface area contributed by atoms with E-state index in [1.165, 1.54) is 11.9 Å². The van der Waals surface area contributed by atoms with Crippen molar-refractivity contribution in [1.29, 1.82) is 0 Å². The molecule has 1 atom stereocenters. The molecule has 6 heteroatoms. The summed E-state index contributed by atoms with van der Waals surface area (Å²) in [6, 6.07) is -0.690. The molecule has 0 saturated heterocycles. The molecule has 0 rings (SSSR count). The first kappa shape index (κ1) is 12.4. The van der Waals surface area contributed by atoms with Crippen LogP contribution in [0.4, 0.5) is 0 Å². The number of rotatable bonds is 5. The molecule has 74 valence electrons. The molecule has 0 aliphatic rings. The summed E-state index contributed by atoms with van der Waals surface area (Å²) in [5, 5.41) is 8.77. The van der Waals surface area contributed by atoms with Crippen LogP contribution in [-0.2, 0) is 9.36 Å². The summed E-state index contributed by atoms with van der Waals surface area (Å²) in [7, 11) is 1.22. The number of carboxylic acids is 1. The van der Waals surface area contributed by atoms with Gasteiger partial charge < -0.3 is 0 Å². The van der Waals surface area contributed by atoms with Crippen LogP contribution in [0, 0.1) is 5.75 Å². The van der Waals surface area contributed by atoms with Gasteiger partial charge in [0, 0.05) is 0 Å². The van der Waals surface area contributed by atoms with Crippen molar-refractivity contribution in [1.82, 2.24) is 4.90 Å². The summed E-state index contributed by atoms with van der Waals surface area (Å²) in [5.41, 5.74) is 5.26. The van der Waals surface area contributed by atoms with E-state index in [-0.39, 0.29) is 7.92 Å². The molecule has 0 aromatic carbocycles. The summed E-state index contributed by atoms with van der Waals surface area (Å²) in [4.78, 5) is 12.0. The van der Waals surface area contributed by atoms with E-state index < -0.39 is 12.0 Å². The molecule has 0 saturated carbocycles. The molecule has 0 heterocycles. The van der Waals surface area contributed by atoms with Gasteiger partial charge in [-0.1, -0.05) is 0 Å². The second-order valence-corrected chi connectivity index (χ2v) is 2.97. The number of nitrogens with two attached hydrogens (primary N) is 1. The van der Waals surface area contributed by atoms with Gasteiger partial charge in [-0.25, -0.2) is 0 Å². The SMILES string of the molecule is CN(C#P=O)[C@@H](CCCN)C(=O)O. The average Bonchev–Trinajstić information content (AvgIpc) is 2.05. The normalized spacial score (nSPS) is 12.2. The quantitative estimate of drug-likeness (QED) is 0.497. The number of carboxylic acid groups (broad SMARTS) is 1. The molecule has 0 unspecified atom stereocenters. The van der Waals surface area contributed by atoms with Crippen molar-refractivity contribution in [3.8, 4) is 5.75 Å². The van der Waals surface area contributed by atoms with Gasteiger partial charge in [0.15, 0.2) is 0 Å². The maximum absolute atomic E-state index is 10.7. The Morgan fingerprint density at radius 2 is 2.38 bits per heavy atom. The minimum atomic E-state index is -0.952. The van der Waals surface area contributed by atoms with Crippen LogP contribution in [0.1, 0.15) is 12.8 Å². The predicted molar refractivity (Wildman–Crippen MR) is 49.0 cm³/mol. The number of carbonyl (C=O) groups is 1. The summed E-state index contributed by atoms with van der Waals surface area (Å²) in [6.07, 6.45) is 1.06. The summed E-state index contributed by atoms with van der Waals surface area (Å²) in [5.74, 6) is 1.41. The van der Waals surface area contributed by atoms with Gasteiger partial charge in [0.1, 0.15) is 0 Å². The number of hydrogen-bond acceptors (Lipinski definition) is 4. The number of aliphatic carboxylic acids is 1. The molecule has 0 aromatic rings. The van der Waals surface area contributed by atoms with Gasteiger partial charge in [0.05, 0.1) is 0 Å². The van der Waals surface area contributed by atoms with Crippen LogP contribution in [0.3, 0.4) is 0 Å². The third kappa shape index (κ3) is 4.86. The molecular weight excluding hydrogens is 191 g/mol. The molecule has 3 N–H and O–H groups in total. The third-order valence-electron chi connectivity index (χ3n) is 1.63. The molecule has 0 radical (unpaired) electrons. The van der Waals surface area contributed by atoms with Crippen LogP contribution < -0.4 is 5.73 Å². The Morgan fingerprint density at radius 3 is 2.77 bits per heavy atom. The summed E-state index contributed by atoms with van der Waals surface area (Å²) in [6.45, 7) is 0.451. The Hall–Kier alpha value is -0.600. The zero-order valence-electron chi connectivity index (χ0n) is 7.43. The topological polar surface area (TPSA) is 83.6 Å². The second kappa shape index (κ2) is 6.87. The zero-order chi connectivity index (χ0) is 10.3. The second-order valence-electron chi connectivity index (χ2n) is 2.59. The van der Waals surface area contributed by atoms with E-state index >= 15 is 0 Å². The molecule has 0 amide bonds. The van der Waals surface area contributed by atoms with Crippen LogP contribution in [0.5, 0.6) is 0 Å². The van der Waals surface area contributed by atoms with Crippen LogP contribution in [0.2, 0.25) is 0 Å².